The maximum Gasteiger partial charge on any atom is 0.417 e. The Balaban J connectivity index is 2.08. The Labute approximate surface area is 96.9 Å². The van der Waals surface area contributed by atoms with Crippen molar-refractivity contribution in [3.05, 3.63) is 0 Å². The first-order valence-corrected chi connectivity index (χ1v) is 5.66. The lowest BCUT2D eigenvalue weighted by Gasteiger charge is -2.38. The standard InChI is InChI=1S/C11H15F3O3/c1-6(15)17-5-8-2-7-3-9(8)10(16,4-7)11(12,13)14/h7-9,16H,2-5H2,1H3. The summed E-state index contributed by atoms with van der Waals surface area (Å²) < 4.78 is 43.2. The Kier molecular flexibility index (Phi) is 2.88. The van der Waals surface area contributed by atoms with Gasteiger partial charge in [0, 0.05) is 12.8 Å². The van der Waals surface area contributed by atoms with Crippen molar-refractivity contribution in [3.8, 4) is 0 Å². The van der Waals surface area contributed by atoms with Crippen LogP contribution in [0.2, 0.25) is 0 Å². The van der Waals surface area contributed by atoms with Crippen LogP contribution in [0, 0.1) is 17.8 Å². The summed E-state index contributed by atoms with van der Waals surface area (Å²) in [6.07, 6.45) is -3.82. The van der Waals surface area contributed by atoms with Crippen molar-refractivity contribution in [2.24, 2.45) is 17.8 Å². The van der Waals surface area contributed by atoms with Gasteiger partial charge in [0.1, 0.15) is 0 Å². The first kappa shape index (κ1) is 12.7. The van der Waals surface area contributed by atoms with Crippen molar-refractivity contribution in [1.82, 2.24) is 0 Å². The summed E-state index contributed by atoms with van der Waals surface area (Å²) in [5.74, 6) is -1.80. The number of carbonyl (C=O) groups is 1. The molecule has 0 aliphatic heterocycles. The minimum atomic E-state index is -4.60. The number of rotatable bonds is 2. The van der Waals surface area contributed by atoms with Crippen LogP contribution in [0.25, 0.3) is 0 Å². The molecule has 6 heteroatoms. The second kappa shape index (κ2) is 3.86. The summed E-state index contributed by atoms with van der Waals surface area (Å²) in [5, 5.41) is 9.79. The zero-order chi connectivity index (χ0) is 12.8. The second-order valence-corrected chi connectivity index (χ2v) is 5.13. The van der Waals surface area contributed by atoms with E-state index in [1.807, 2.05) is 0 Å². The van der Waals surface area contributed by atoms with E-state index in [1.165, 1.54) is 6.92 Å². The smallest absolute Gasteiger partial charge is 0.417 e. The molecule has 0 saturated heterocycles. The Morgan fingerprint density at radius 3 is 2.59 bits per heavy atom. The molecule has 0 heterocycles. The lowest BCUT2D eigenvalue weighted by Crippen LogP contribution is -2.52. The van der Waals surface area contributed by atoms with Crippen molar-refractivity contribution in [1.29, 1.82) is 0 Å². The summed E-state index contributed by atoms with van der Waals surface area (Å²) in [5.41, 5.74) is -2.58. The third kappa shape index (κ3) is 2.03. The van der Waals surface area contributed by atoms with Crippen LogP contribution in [0.15, 0.2) is 0 Å². The molecule has 3 nitrogen and oxygen atoms in total. The van der Waals surface area contributed by atoms with Gasteiger partial charge in [-0.1, -0.05) is 0 Å². The van der Waals surface area contributed by atoms with E-state index < -0.39 is 23.7 Å². The molecule has 2 saturated carbocycles. The summed E-state index contributed by atoms with van der Waals surface area (Å²) in [6, 6.07) is 0. The van der Waals surface area contributed by atoms with Gasteiger partial charge in [-0.05, 0) is 31.1 Å². The molecule has 0 aromatic carbocycles. The van der Waals surface area contributed by atoms with Gasteiger partial charge >= 0.3 is 12.1 Å². The molecule has 98 valence electrons. The zero-order valence-electron chi connectivity index (χ0n) is 9.46. The van der Waals surface area contributed by atoms with E-state index in [-0.39, 0.29) is 24.9 Å². The molecule has 0 spiro atoms. The van der Waals surface area contributed by atoms with Crippen LogP contribution >= 0.6 is 0 Å². The van der Waals surface area contributed by atoms with Gasteiger partial charge in [0.25, 0.3) is 0 Å². The summed E-state index contributed by atoms with van der Waals surface area (Å²) in [7, 11) is 0. The van der Waals surface area contributed by atoms with Gasteiger partial charge in [-0.2, -0.15) is 13.2 Å². The SMILES string of the molecule is CC(=O)OCC1CC2CC1C(O)(C(F)(F)F)C2. The van der Waals surface area contributed by atoms with Crippen molar-refractivity contribution < 1.29 is 27.8 Å². The second-order valence-electron chi connectivity index (χ2n) is 5.13. The number of fused-ring (bicyclic) bond motifs is 2. The molecule has 2 bridgehead atoms. The normalized spacial score (nSPS) is 40.6. The first-order valence-electron chi connectivity index (χ1n) is 5.66. The maximum absolute atomic E-state index is 12.8. The van der Waals surface area contributed by atoms with E-state index in [4.69, 9.17) is 4.74 Å². The van der Waals surface area contributed by atoms with E-state index in [9.17, 15) is 23.1 Å². The molecule has 4 unspecified atom stereocenters. The topological polar surface area (TPSA) is 46.5 Å². The van der Waals surface area contributed by atoms with Gasteiger partial charge in [-0.3, -0.25) is 4.79 Å². The number of carbonyl (C=O) groups excluding carboxylic acids is 1. The highest BCUT2D eigenvalue weighted by atomic mass is 19.4. The van der Waals surface area contributed by atoms with E-state index in [1.54, 1.807) is 0 Å². The Bertz CT molecular complexity index is 328. The highest BCUT2D eigenvalue weighted by Crippen LogP contribution is 2.59. The average Bonchev–Trinajstić information content (AvgIpc) is 2.70. The minimum Gasteiger partial charge on any atom is -0.466 e. The fraction of sp³-hybridized carbons (Fsp3) is 0.909. The van der Waals surface area contributed by atoms with Gasteiger partial charge < -0.3 is 9.84 Å². The molecule has 2 aliphatic carbocycles. The Morgan fingerprint density at radius 2 is 2.12 bits per heavy atom. The van der Waals surface area contributed by atoms with Crippen LogP contribution in [0.3, 0.4) is 0 Å². The van der Waals surface area contributed by atoms with Crippen LogP contribution in [-0.2, 0) is 9.53 Å². The number of ether oxygens (including phenoxy) is 1. The molecule has 0 radical (unpaired) electrons. The molecule has 2 aliphatic rings. The maximum atomic E-state index is 12.8. The number of esters is 1. The van der Waals surface area contributed by atoms with Gasteiger partial charge in [0.2, 0.25) is 0 Å². The molecule has 0 aromatic heterocycles. The van der Waals surface area contributed by atoms with Crippen LogP contribution in [0.1, 0.15) is 26.2 Å². The highest BCUT2D eigenvalue weighted by Gasteiger charge is 2.67. The summed E-state index contributed by atoms with van der Waals surface area (Å²) in [6.45, 7) is 1.21. The Hall–Kier alpha value is -0.780. The predicted octanol–water partition coefficient (Wildman–Crippen LogP) is 1.89. The zero-order valence-corrected chi connectivity index (χ0v) is 9.46. The summed E-state index contributed by atoms with van der Waals surface area (Å²) in [4.78, 5) is 10.7. The lowest BCUT2D eigenvalue weighted by atomic mass is 9.77. The number of hydrogen-bond donors (Lipinski definition) is 1. The molecule has 0 amide bonds. The molecule has 4 atom stereocenters. The number of aliphatic hydroxyl groups is 1. The third-order valence-corrected chi connectivity index (χ3v) is 4.00. The molecule has 2 rings (SSSR count). The van der Waals surface area contributed by atoms with Crippen molar-refractivity contribution >= 4 is 5.97 Å². The lowest BCUT2D eigenvalue weighted by molar-refractivity contribution is -0.283. The van der Waals surface area contributed by atoms with Gasteiger partial charge in [-0.25, -0.2) is 0 Å². The number of alkyl halides is 3. The van der Waals surface area contributed by atoms with Crippen molar-refractivity contribution in [2.75, 3.05) is 6.61 Å². The van der Waals surface area contributed by atoms with Crippen molar-refractivity contribution in [3.63, 3.8) is 0 Å². The Morgan fingerprint density at radius 1 is 1.47 bits per heavy atom. The minimum absolute atomic E-state index is 0.0190. The third-order valence-electron chi connectivity index (χ3n) is 4.00. The summed E-state index contributed by atoms with van der Waals surface area (Å²) >= 11 is 0. The van der Waals surface area contributed by atoms with E-state index in [2.05, 4.69) is 0 Å². The van der Waals surface area contributed by atoms with E-state index >= 15 is 0 Å². The van der Waals surface area contributed by atoms with E-state index in [0.29, 0.717) is 12.8 Å². The molecule has 1 N–H and O–H groups in total. The molecular weight excluding hydrogens is 237 g/mol. The van der Waals surface area contributed by atoms with Gasteiger partial charge in [0.15, 0.2) is 5.60 Å². The number of hydrogen-bond acceptors (Lipinski definition) is 3. The fourth-order valence-electron chi connectivity index (χ4n) is 3.32. The quantitative estimate of drug-likeness (QED) is 0.763. The van der Waals surface area contributed by atoms with Crippen LogP contribution in [-0.4, -0.2) is 29.5 Å². The van der Waals surface area contributed by atoms with Crippen LogP contribution < -0.4 is 0 Å². The molecular formula is C11H15F3O3. The molecule has 17 heavy (non-hydrogen) atoms. The fourth-order valence-corrected chi connectivity index (χ4v) is 3.32. The van der Waals surface area contributed by atoms with Gasteiger partial charge in [-0.15, -0.1) is 0 Å². The van der Waals surface area contributed by atoms with Crippen LogP contribution in [0.4, 0.5) is 13.2 Å². The van der Waals surface area contributed by atoms with Crippen molar-refractivity contribution in [2.45, 2.75) is 38.0 Å². The average molecular weight is 252 g/mol. The largest absolute Gasteiger partial charge is 0.466 e. The predicted molar refractivity (Wildman–Crippen MR) is 52.0 cm³/mol. The highest BCUT2D eigenvalue weighted by molar-refractivity contribution is 5.65. The monoisotopic (exact) mass is 252 g/mol. The molecule has 0 aromatic rings. The van der Waals surface area contributed by atoms with Crippen LogP contribution in [0.5, 0.6) is 0 Å². The molecule has 2 fully saturated rings. The van der Waals surface area contributed by atoms with E-state index in [0.717, 1.165) is 0 Å². The number of halogens is 3. The van der Waals surface area contributed by atoms with Gasteiger partial charge in [0.05, 0.1) is 6.61 Å². The first-order chi connectivity index (χ1) is 7.74.